The van der Waals surface area contributed by atoms with Crippen LogP contribution in [0.1, 0.15) is 18.4 Å². The van der Waals surface area contributed by atoms with E-state index in [0.717, 1.165) is 24.8 Å². The van der Waals surface area contributed by atoms with Crippen LogP contribution in [0, 0.1) is 0 Å². The number of anilines is 3. The molecule has 8 heteroatoms. The van der Waals surface area contributed by atoms with E-state index in [4.69, 9.17) is 5.73 Å². The minimum Gasteiger partial charge on any atom is -0.382 e. The van der Waals surface area contributed by atoms with Crippen LogP contribution in [0.5, 0.6) is 0 Å². The molecule has 3 N–H and O–H groups in total. The number of nitrogens with two attached hydrogens (primary N) is 1. The summed E-state index contributed by atoms with van der Waals surface area (Å²) in [5.41, 5.74) is 7.48. The molecule has 0 bridgehead atoms. The normalized spacial score (nSPS) is 16.3. The van der Waals surface area contributed by atoms with Gasteiger partial charge in [0.1, 0.15) is 12.0 Å². The third-order valence-corrected chi connectivity index (χ3v) is 4.71. The van der Waals surface area contributed by atoms with E-state index in [-0.39, 0.29) is 17.8 Å². The molecular formula is C20H24N6O2. The zero-order valence-corrected chi connectivity index (χ0v) is 15.6. The predicted molar refractivity (Wildman–Crippen MR) is 109 cm³/mol. The Hall–Kier alpha value is -3.42. The molecule has 0 radical (unpaired) electrons. The van der Waals surface area contributed by atoms with Crippen molar-refractivity contribution in [1.82, 2.24) is 14.9 Å². The number of nitrogen functional groups attached to an aromatic ring is 1. The molecule has 0 spiro atoms. The first-order chi connectivity index (χ1) is 13.6. The first-order valence-electron chi connectivity index (χ1n) is 9.16. The van der Waals surface area contributed by atoms with Gasteiger partial charge in [-0.2, -0.15) is 0 Å². The van der Waals surface area contributed by atoms with Gasteiger partial charge in [-0.1, -0.05) is 36.9 Å². The molecule has 2 amide bonds. The number of carbonyl (C=O) groups is 2. The van der Waals surface area contributed by atoms with Crippen LogP contribution in [0.2, 0.25) is 0 Å². The van der Waals surface area contributed by atoms with Crippen molar-refractivity contribution in [2.75, 3.05) is 29.0 Å². The van der Waals surface area contributed by atoms with Crippen LogP contribution in [0.25, 0.3) is 0 Å². The summed E-state index contributed by atoms with van der Waals surface area (Å²) in [6.07, 6.45) is 5.16. The Kier molecular flexibility index (Phi) is 6.21. The number of hydrogen-bond donors (Lipinski definition) is 2. The van der Waals surface area contributed by atoms with Gasteiger partial charge in [0, 0.05) is 19.1 Å². The molecular weight excluding hydrogens is 356 g/mol. The molecule has 1 aromatic heterocycles. The Bertz CT molecular complexity index is 842. The molecule has 1 aromatic carbocycles. The minimum atomic E-state index is -0.0903. The standard InChI is InChI=1S/C20H24N6O2/c1-2-17(28)25-10-6-9-16(12-25)24-20-18(19(21)22-13-23-20)26(14-27)11-15-7-4-3-5-8-15/h2-5,7-8,13-14,16H,1,6,9-12H2,(H3,21,22,23,24)/t16-/m1/s1. The highest BCUT2D eigenvalue weighted by Crippen LogP contribution is 2.30. The quantitative estimate of drug-likeness (QED) is 0.561. The number of rotatable bonds is 7. The Balaban J connectivity index is 1.82. The first-order valence-corrected chi connectivity index (χ1v) is 9.16. The SMILES string of the molecule is C=CC(=O)N1CCC[C@@H](Nc2ncnc(N)c2N(C=O)Cc2ccccc2)C1. The smallest absolute Gasteiger partial charge is 0.246 e. The van der Waals surface area contributed by atoms with Gasteiger partial charge < -0.3 is 20.9 Å². The van der Waals surface area contributed by atoms with Gasteiger partial charge >= 0.3 is 0 Å². The van der Waals surface area contributed by atoms with Gasteiger partial charge in [-0.25, -0.2) is 9.97 Å². The number of piperidine rings is 1. The molecule has 0 saturated carbocycles. The maximum absolute atomic E-state index is 11.9. The fraction of sp³-hybridized carbons (Fsp3) is 0.300. The summed E-state index contributed by atoms with van der Waals surface area (Å²) in [6, 6.07) is 9.61. The van der Waals surface area contributed by atoms with E-state index in [1.165, 1.54) is 17.3 Å². The maximum Gasteiger partial charge on any atom is 0.246 e. The van der Waals surface area contributed by atoms with E-state index in [0.29, 0.717) is 31.1 Å². The highest BCUT2D eigenvalue weighted by atomic mass is 16.2. The van der Waals surface area contributed by atoms with E-state index in [9.17, 15) is 9.59 Å². The fourth-order valence-electron chi connectivity index (χ4n) is 3.35. The van der Waals surface area contributed by atoms with Crippen LogP contribution in [0.4, 0.5) is 17.3 Å². The monoisotopic (exact) mass is 380 g/mol. The minimum absolute atomic E-state index is 0.00377. The van der Waals surface area contributed by atoms with E-state index in [2.05, 4.69) is 21.9 Å². The van der Waals surface area contributed by atoms with Crippen molar-refractivity contribution in [3.8, 4) is 0 Å². The number of benzene rings is 1. The van der Waals surface area contributed by atoms with Gasteiger partial charge in [0.15, 0.2) is 11.6 Å². The summed E-state index contributed by atoms with van der Waals surface area (Å²) in [4.78, 5) is 35.3. The molecule has 2 aromatic rings. The third-order valence-electron chi connectivity index (χ3n) is 4.71. The molecule has 0 aliphatic carbocycles. The molecule has 1 atom stereocenters. The van der Waals surface area contributed by atoms with Crippen LogP contribution in [0.3, 0.4) is 0 Å². The van der Waals surface area contributed by atoms with Gasteiger partial charge in [0.25, 0.3) is 0 Å². The van der Waals surface area contributed by atoms with Crippen molar-refractivity contribution >= 4 is 29.6 Å². The van der Waals surface area contributed by atoms with Gasteiger partial charge in [0.05, 0.1) is 6.54 Å². The predicted octanol–water partition coefficient (Wildman–Crippen LogP) is 1.81. The number of nitrogens with one attached hydrogen (secondary N) is 1. The number of nitrogens with zero attached hydrogens (tertiary/aromatic N) is 4. The molecule has 0 unspecified atom stereocenters. The van der Waals surface area contributed by atoms with Crippen molar-refractivity contribution in [3.05, 3.63) is 54.9 Å². The van der Waals surface area contributed by atoms with E-state index in [1.807, 2.05) is 30.3 Å². The lowest BCUT2D eigenvalue weighted by molar-refractivity contribution is -0.127. The van der Waals surface area contributed by atoms with Gasteiger partial charge in [0.2, 0.25) is 12.3 Å². The van der Waals surface area contributed by atoms with Gasteiger partial charge in [-0.05, 0) is 24.5 Å². The molecule has 8 nitrogen and oxygen atoms in total. The lowest BCUT2D eigenvalue weighted by atomic mass is 10.1. The summed E-state index contributed by atoms with van der Waals surface area (Å²) < 4.78 is 0. The zero-order chi connectivity index (χ0) is 19.9. The molecule has 146 valence electrons. The average molecular weight is 380 g/mol. The van der Waals surface area contributed by atoms with Gasteiger partial charge in [-0.3, -0.25) is 9.59 Å². The summed E-state index contributed by atoms with van der Waals surface area (Å²) >= 11 is 0. The second kappa shape index (κ2) is 8.98. The van der Waals surface area contributed by atoms with Crippen molar-refractivity contribution in [2.45, 2.75) is 25.4 Å². The number of likely N-dealkylation sites (tertiary alicyclic amines) is 1. The largest absolute Gasteiger partial charge is 0.382 e. The molecule has 1 aliphatic rings. The van der Waals surface area contributed by atoms with E-state index >= 15 is 0 Å². The lowest BCUT2D eigenvalue weighted by Gasteiger charge is -2.33. The van der Waals surface area contributed by atoms with Crippen LogP contribution >= 0.6 is 0 Å². The third kappa shape index (κ3) is 4.46. The highest BCUT2D eigenvalue weighted by Gasteiger charge is 2.25. The van der Waals surface area contributed by atoms with Crippen molar-refractivity contribution in [3.63, 3.8) is 0 Å². The summed E-state index contributed by atoms with van der Waals surface area (Å²) in [5.74, 6) is 0.608. The fourth-order valence-corrected chi connectivity index (χ4v) is 3.35. The molecule has 1 aliphatic heterocycles. The molecule has 1 saturated heterocycles. The highest BCUT2D eigenvalue weighted by molar-refractivity contribution is 5.88. The average Bonchev–Trinajstić information content (AvgIpc) is 2.73. The van der Waals surface area contributed by atoms with Crippen LogP contribution in [-0.2, 0) is 16.1 Å². The molecule has 3 rings (SSSR count). The number of hydrogen-bond acceptors (Lipinski definition) is 6. The second-order valence-electron chi connectivity index (χ2n) is 6.65. The second-order valence-corrected chi connectivity index (χ2v) is 6.65. The van der Waals surface area contributed by atoms with Crippen molar-refractivity contribution in [1.29, 1.82) is 0 Å². The lowest BCUT2D eigenvalue weighted by Crippen LogP contribution is -2.44. The summed E-state index contributed by atoms with van der Waals surface area (Å²) in [7, 11) is 0. The van der Waals surface area contributed by atoms with Crippen molar-refractivity contribution < 1.29 is 9.59 Å². The van der Waals surface area contributed by atoms with Crippen LogP contribution < -0.4 is 16.0 Å². The number of amides is 2. The van der Waals surface area contributed by atoms with E-state index < -0.39 is 0 Å². The van der Waals surface area contributed by atoms with Crippen molar-refractivity contribution in [2.24, 2.45) is 0 Å². The van der Waals surface area contributed by atoms with Crippen LogP contribution in [0.15, 0.2) is 49.3 Å². The van der Waals surface area contributed by atoms with Crippen LogP contribution in [-0.4, -0.2) is 46.3 Å². The summed E-state index contributed by atoms with van der Waals surface area (Å²) in [6.45, 7) is 5.14. The number of carbonyl (C=O) groups excluding carboxylic acids is 2. The number of aromatic nitrogens is 2. The molecule has 1 fully saturated rings. The zero-order valence-electron chi connectivity index (χ0n) is 15.6. The Morgan fingerprint density at radius 2 is 2.14 bits per heavy atom. The first kappa shape index (κ1) is 19.3. The Labute approximate surface area is 164 Å². The maximum atomic E-state index is 11.9. The molecule has 2 heterocycles. The summed E-state index contributed by atoms with van der Waals surface area (Å²) in [5, 5.41) is 3.34. The van der Waals surface area contributed by atoms with E-state index in [1.54, 1.807) is 4.90 Å². The topological polar surface area (TPSA) is 104 Å². The molecule has 28 heavy (non-hydrogen) atoms. The van der Waals surface area contributed by atoms with Gasteiger partial charge in [-0.15, -0.1) is 0 Å². The Morgan fingerprint density at radius 1 is 1.36 bits per heavy atom. The Morgan fingerprint density at radius 3 is 2.86 bits per heavy atom.